The summed E-state index contributed by atoms with van der Waals surface area (Å²) in [6.07, 6.45) is -4.22. The standard InChI is InChI=1S/C22H20F3N3O2/c1-4-14(2)20(17-6-5-7-19(12-17)30-22(23,24)25)28-21(15(3)27)29-18-10-8-16(13-26)9-11-18/h5-12,27H,4H2,1-3H3/b20-14+,27-15?,28-21?. The van der Waals surface area contributed by atoms with Gasteiger partial charge in [0.25, 0.3) is 0 Å². The molecule has 5 nitrogen and oxygen atoms in total. The molecule has 2 aromatic rings. The van der Waals surface area contributed by atoms with Gasteiger partial charge in [-0.2, -0.15) is 5.26 Å². The van der Waals surface area contributed by atoms with Crippen LogP contribution in [0.15, 0.2) is 59.1 Å². The number of hydrogen-bond acceptors (Lipinski definition) is 5. The van der Waals surface area contributed by atoms with Crippen LogP contribution in [0.3, 0.4) is 0 Å². The number of benzene rings is 2. The topological polar surface area (TPSA) is 78.5 Å². The van der Waals surface area contributed by atoms with Crippen molar-refractivity contribution >= 4 is 17.3 Å². The lowest BCUT2D eigenvalue weighted by atomic mass is 10.1. The summed E-state index contributed by atoms with van der Waals surface area (Å²) < 4.78 is 47.5. The highest BCUT2D eigenvalue weighted by molar-refractivity contribution is 6.38. The molecule has 0 saturated carbocycles. The lowest BCUT2D eigenvalue weighted by molar-refractivity contribution is -0.274. The molecular weight excluding hydrogens is 395 g/mol. The van der Waals surface area contributed by atoms with Gasteiger partial charge in [-0.15, -0.1) is 13.2 Å². The number of ether oxygens (including phenoxy) is 2. The molecule has 2 rings (SSSR count). The van der Waals surface area contributed by atoms with Crippen molar-refractivity contribution in [2.45, 2.75) is 33.6 Å². The van der Waals surface area contributed by atoms with Gasteiger partial charge in [-0.1, -0.05) is 19.1 Å². The van der Waals surface area contributed by atoms with E-state index in [2.05, 4.69) is 9.73 Å². The summed E-state index contributed by atoms with van der Waals surface area (Å²) in [5, 5.41) is 16.9. The van der Waals surface area contributed by atoms with E-state index in [9.17, 15) is 13.2 Å². The number of allylic oxidation sites excluding steroid dienone is 1. The minimum absolute atomic E-state index is 0.00958. The Hall–Kier alpha value is -3.60. The summed E-state index contributed by atoms with van der Waals surface area (Å²) in [6, 6.07) is 13.8. The molecule has 0 aliphatic rings. The average Bonchev–Trinajstić information content (AvgIpc) is 2.69. The van der Waals surface area contributed by atoms with Gasteiger partial charge < -0.3 is 9.47 Å². The number of nitrogens with zero attached hydrogens (tertiary/aromatic N) is 2. The maximum Gasteiger partial charge on any atom is 0.573 e. The quantitative estimate of drug-likeness (QED) is 0.456. The molecule has 0 aliphatic heterocycles. The Morgan fingerprint density at radius 2 is 1.77 bits per heavy atom. The van der Waals surface area contributed by atoms with Crippen LogP contribution in [0.4, 0.5) is 13.2 Å². The van der Waals surface area contributed by atoms with Crippen LogP contribution in [0.1, 0.15) is 38.3 Å². The van der Waals surface area contributed by atoms with Crippen molar-refractivity contribution in [2.24, 2.45) is 4.99 Å². The van der Waals surface area contributed by atoms with Gasteiger partial charge in [0.05, 0.1) is 23.0 Å². The molecule has 0 saturated heterocycles. The summed E-state index contributed by atoms with van der Waals surface area (Å²) in [5.74, 6) is 0.00407. The highest BCUT2D eigenvalue weighted by Crippen LogP contribution is 2.29. The average molecular weight is 415 g/mol. The predicted octanol–water partition coefficient (Wildman–Crippen LogP) is 6.12. The molecule has 0 amide bonds. The first-order valence-electron chi connectivity index (χ1n) is 9.01. The first-order chi connectivity index (χ1) is 14.1. The van der Waals surface area contributed by atoms with Crippen molar-refractivity contribution in [1.82, 2.24) is 0 Å². The highest BCUT2D eigenvalue weighted by atomic mass is 19.4. The molecule has 8 heteroatoms. The number of nitriles is 1. The lowest BCUT2D eigenvalue weighted by Gasteiger charge is -2.14. The van der Waals surface area contributed by atoms with Gasteiger partial charge in [0.1, 0.15) is 11.5 Å². The van der Waals surface area contributed by atoms with Crippen LogP contribution in [0.25, 0.3) is 5.70 Å². The second-order valence-corrected chi connectivity index (χ2v) is 6.34. The van der Waals surface area contributed by atoms with E-state index < -0.39 is 6.36 Å². The minimum atomic E-state index is -4.80. The normalized spacial score (nSPS) is 12.6. The zero-order valence-electron chi connectivity index (χ0n) is 16.7. The number of hydrogen-bond donors (Lipinski definition) is 1. The number of alkyl halides is 3. The summed E-state index contributed by atoms with van der Waals surface area (Å²) in [6.45, 7) is 5.18. The third-order valence-corrected chi connectivity index (χ3v) is 4.01. The molecule has 30 heavy (non-hydrogen) atoms. The summed E-state index contributed by atoms with van der Waals surface area (Å²) in [7, 11) is 0. The van der Waals surface area contributed by atoms with Crippen LogP contribution < -0.4 is 9.47 Å². The van der Waals surface area contributed by atoms with Crippen molar-refractivity contribution in [1.29, 1.82) is 10.7 Å². The smallest absolute Gasteiger partial charge is 0.437 e. The van der Waals surface area contributed by atoms with E-state index in [1.54, 1.807) is 37.3 Å². The third kappa shape index (κ3) is 6.48. The molecule has 0 fully saturated rings. The Kier molecular flexibility index (Phi) is 7.37. The van der Waals surface area contributed by atoms with Crippen LogP contribution in [-0.2, 0) is 0 Å². The number of halogens is 3. The molecule has 0 heterocycles. The Labute approximate surface area is 172 Å². The van der Waals surface area contributed by atoms with Gasteiger partial charge in [0.2, 0.25) is 5.90 Å². The maximum absolute atomic E-state index is 12.6. The van der Waals surface area contributed by atoms with E-state index in [1.807, 2.05) is 13.0 Å². The monoisotopic (exact) mass is 415 g/mol. The van der Waals surface area contributed by atoms with Gasteiger partial charge >= 0.3 is 6.36 Å². The van der Waals surface area contributed by atoms with Gasteiger partial charge in [0.15, 0.2) is 0 Å². The van der Waals surface area contributed by atoms with Gasteiger partial charge in [-0.3, -0.25) is 5.41 Å². The van der Waals surface area contributed by atoms with E-state index in [-0.39, 0.29) is 17.4 Å². The summed E-state index contributed by atoms with van der Waals surface area (Å²) in [5.41, 5.74) is 2.07. The molecule has 0 aromatic heterocycles. The highest BCUT2D eigenvalue weighted by Gasteiger charge is 2.31. The SMILES string of the molecule is CC/C(C)=C(/N=C(Oc1ccc(C#N)cc1)C(C)=N)c1cccc(OC(F)(F)F)c1. The minimum Gasteiger partial charge on any atom is -0.437 e. The van der Waals surface area contributed by atoms with Crippen LogP contribution in [0.2, 0.25) is 0 Å². The van der Waals surface area contributed by atoms with E-state index in [4.69, 9.17) is 15.4 Å². The van der Waals surface area contributed by atoms with Crippen LogP contribution in [0.5, 0.6) is 11.5 Å². The van der Waals surface area contributed by atoms with Crippen LogP contribution >= 0.6 is 0 Å². The third-order valence-electron chi connectivity index (χ3n) is 4.01. The zero-order chi connectivity index (χ0) is 22.3. The lowest BCUT2D eigenvalue weighted by Crippen LogP contribution is -2.18. The predicted molar refractivity (Wildman–Crippen MR) is 109 cm³/mol. The van der Waals surface area contributed by atoms with Crippen LogP contribution in [0, 0.1) is 16.7 Å². The van der Waals surface area contributed by atoms with Crippen molar-refractivity contribution in [2.75, 3.05) is 0 Å². The molecule has 0 spiro atoms. The van der Waals surface area contributed by atoms with E-state index in [0.29, 0.717) is 29.0 Å². The summed E-state index contributed by atoms with van der Waals surface area (Å²) in [4.78, 5) is 4.44. The molecule has 0 aliphatic carbocycles. The Morgan fingerprint density at radius 3 is 2.30 bits per heavy atom. The molecular formula is C22H20F3N3O2. The molecule has 156 valence electrons. The van der Waals surface area contributed by atoms with Crippen molar-refractivity contribution in [3.8, 4) is 17.6 Å². The number of nitrogens with one attached hydrogen (secondary N) is 1. The first-order valence-corrected chi connectivity index (χ1v) is 9.01. The molecule has 0 unspecified atom stereocenters. The van der Waals surface area contributed by atoms with Gasteiger partial charge in [-0.25, -0.2) is 4.99 Å². The molecule has 0 radical (unpaired) electrons. The fraction of sp³-hybridized carbons (Fsp3) is 0.227. The molecule has 2 aromatic carbocycles. The fourth-order valence-corrected chi connectivity index (χ4v) is 2.41. The Bertz CT molecular complexity index is 1020. The Balaban J connectivity index is 2.46. The van der Waals surface area contributed by atoms with Crippen LogP contribution in [-0.4, -0.2) is 18.0 Å². The van der Waals surface area contributed by atoms with Crippen molar-refractivity contribution in [3.05, 3.63) is 65.2 Å². The summed E-state index contributed by atoms with van der Waals surface area (Å²) >= 11 is 0. The molecule has 1 N–H and O–H groups in total. The zero-order valence-corrected chi connectivity index (χ0v) is 16.7. The van der Waals surface area contributed by atoms with E-state index >= 15 is 0 Å². The maximum atomic E-state index is 12.6. The van der Waals surface area contributed by atoms with Gasteiger partial charge in [-0.05, 0) is 62.2 Å². The second kappa shape index (κ2) is 9.74. The van der Waals surface area contributed by atoms with E-state index in [0.717, 1.165) is 5.57 Å². The number of aliphatic imine (C=N–C) groups is 1. The van der Waals surface area contributed by atoms with E-state index in [1.165, 1.54) is 25.1 Å². The second-order valence-electron chi connectivity index (χ2n) is 6.34. The largest absolute Gasteiger partial charge is 0.573 e. The molecule has 0 atom stereocenters. The first kappa shape index (κ1) is 22.7. The van der Waals surface area contributed by atoms with Crippen molar-refractivity contribution in [3.63, 3.8) is 0 Å². The van der Waals surface area contributed by atoms with Crippen molar-refractivity contribution < 1.29 is 22.6 Å². The Morgan fingerprint density at radius 1 is 1.10 bits per heavy atom. The van der Waals surface area contributed by atoms with Gasteiger partial charge in [0, 0.05) is 5.56 Å². The molecule has 0 bridgehead atoms. The fourth-order valence-electron chi connectivity index (χ4n) is 2.41. The number of rotatable bonds is 6.